The smallest absolute Gasteiger partial charge is 0.258 e. The number of carbonyl (C=O) groups excluding carboxylic acids is 2. The van der Waals surface area contributed by atoms with E-state index in [2.05, 4.69) is 14.9 Å². The van der Waals surface area contributed by atoms with Gasteiger partial charge >= 0.3 is 0 Å². The lowest BCUT2D eigenvalue weighted by Gasteiger charge is -2.21. The number of para-hydroxylation sites is 2. The normalized spacial score (nSPS) is 18.7. The van der Waals surface area contributed by atoms with Gasteiger partial charge in [0.15, 0.2) is 0 Å². The van der Waals surface area contributed by atoms with Gasteiger partial charge < -0.3 is 9.64 Å². The predicted octanol–water partition coefficient (Wildman–Crippen LogP) is 1.38. The van der Waals surface area contributed by atoms with E-state index in [1.807, 2.05) is 24.3 Å². The van der Waals surface area contributed by atoms with Gasteiger partial charge in [0.25, 0.3) is 11.8 Å². The van der Waals surface area contributed by atoms with E-state index >= 15 is 0 Å². The Labute approximate surface area is 168 Å². The largest absolute Gasteiger partial charge is 0.495 e. The molecule has 1 saturated heterocycles. The molecule has 2 N–H and O–H groups in total. The van der Waals surface area contributed by atoms with Gasteiger partial charge in [0.05, 0.1) is 28.8 Å². The maximum atomic E-state index is 12.7. The molecule has 0 aliphatic carbocycles. The third-order valence-electron chi connectivity index (χ3n) is 5.29. The zero-order valence-electron chi connectivity index (χ0n) is 15.8. The van der Waals surface area contributed by atoms with Gasteiger partial charge in [0, 0.05) is 19.6 Å². The fraction of sp³-hybridized carbons (Fsp3) is 0.300. The molecule has 0 bridgehead atoms. The first-order valence-corrected chi connectivity index (χ1v) is 10.7. The highest BCUT2D eigenvalue weighted by Crippen LogP contribution is 2.32. The number of amides is 2. The lowest BCUT2D eigenvalue weighted by atomic mass is 10.1. The number of hydrogen-bond acceptors (Lipinski definition) is 6. The number of carbonyl (C=O) groups is 2. The average Bonchev–Trinajstić information content (AvgIpc) is 3.31. The van der Waals surface area contributed by atoms with Crippen molar-refractivity contribution in [2.75, 3.05) is 31.6 Å². The molecule has 152 valence electrons. The summed E-state index contributed by atoms with van der Waals surface area (Å²) in [5.41, 5.74) is 1.27. The van der Waals surface area contributed by atoms with Crippen LogP contribution in [-0.4, -0.2) is 47.0 Å². The van der Waals surface area contributed by atoms with Crippen LogP contribution in [0.5, 0.6) is 5.75 Å². The maximum absolute atomic E-state index is 12.7. The quantitative estimate of drug-likeness (QED) is 0.691. The first-order chi connectivity index (χ1) is 13.9. The van der Waals surface area contributed by atoms with E-state index in [9.17, 15) is 18.0 Å². The van der Waals surface area contributed by atoms with Gasteiger partial charge in [-0.05, 0) is 42.7 Å². The molecule has 29 heavy (non-hydrogen) atoms. The van der Waals surface area contributed by atoms with Gasteiger partial charge in [-0.3, -0.25) is 14.9 Å². The van der Waals surface area contributed by atoms with Gasteiger partial charge in [0.1, 0.15) is 5.75 Å². The van der Waals surface area contributed by atoms with Crippen molar-refractivity contribution < 1.29 is 22.7 Å². The van der Waals surface area contributed by atoms with Crippen LogP contribution in [0.1, 0.15) is 27.1 Å². The molecule has 2 aliphatic heterocycles. The minimum atomic E-state index is -3.79. The third-order valence-corrected chi connectivity index (χ3v) is 6.71. The van der Waals surface area contributed by atoms with Crippen molar-refractivity contribution in [3.05, 3.63) is 53.6 Å². The second-order valence-corrected chi connectivity index (χ2v) is 8.88. The summed E-state index contributed by atoms with van der Waals surface area (Å²) in [5, 5.41) is 2.16. The minimum absolute atomic E-state index is 0.0271. The number of ether oxygens (including phenoxy) is 1. The molecule has 1 fully saturated rings. The van der Waals surface area contributed by atoms with Crippen LogP contribution in [-0.2, 0) is 10.0 Å². The Bertz CT molecular complexity index is 1080. The molecule has 2 aliphatic rings. The molecule has 2 amide bonds. The number of imide groups is 1. The molecular formula is C20H21N3O5S. The molecule has 0 spiro atoms. The maximum Gasteiger partial charge on any atom is 0.258 e. The summed E-state index contributed by atoms with van der Waals surface area (Å²) in [6.07, 6.45) is 0.849. The Morgan fingerprint density at radius 2 is 1.90 bits per heavy atom. The van der Waals surface area contributed by atoms with Crippen molar-refractivity contribution in [2.45, 2.75) is 11.3 Å². The summed E-state index contributed by atoms with van der Waals surface area (Å²) in [6.45, 7) is 1.81. The van der Waals surface area contributed by atoms with Gasteiger partial charge in [0.2, 0.25) is 10.0 Å². The zero-order valence-corrected chi connectivity index (χ0v) is 16.7. The number of fused-ring (bicyclic) bond motifs is 1. The predicted molar refractivity (Wildman–Crippen MR) is 107 cm³/mol. The van der Waals surface area contributed by atoms with E-state index in [1.54, 1.807) is 7.11 Å². The Morgan fingerprint density at radius 1 is 1.14 bits per heavy atom. The van der Waals surface area contributed by atoms with Crippen molar-refractivity contribution in [1.29, 1.82) is 0 Å². The summed E-state index contributed by atoms with van der Waals surface area (Å²) in [6, 6.07) is 11.7. The topological polar surface area (TPSA) is 105 Å². The number of sulfonamides is 1. The van der Waals surface area contributed by atoms with Gasteiger partial charge in [-0.2, -0.15) is 0 Å². The number of nitrogens with zero attached hydrogens (tertiary/aromatic N) is 1. The zero-order chi connectivity index (χ0) is 20.6. The Kier molecular flexibility index (Phi) is 5.01. The first-order valence-electron chi connectivity index (χ1n) is 9.26. The van der Waals surface area contributed by atoms with Crippen LogP contribution in [0.4, 0.5) is 5.69 Å². The summed E-state index contributed by atoms with van der Waals surface area (Å²) in [4.78, 5) is 25.6. The molecule has 2 heterocycles. The molecule has 1 atom stereocenters. The molecule has 8 nitrogen and oxygen atoms in total. The fourth-order valence-electron chi connectivity index (χ4n) is 3.73. The lowest BCUT2D eigenvalue weighted by Crippen LogP contribution is -2.31. The minimum Gasteiger partial charge on any atom is -0.495 e. The van der Waals surface area contributed by atoms with Crippen LogP contribution < -0.4 is 19.7 Å². The molecule has 0 radical (unpaired) electrons. The number of benzene rings is 2. The molecule has 4 rings (SSSR count). The van der Waals surface area contributed by atoms with Crippen LogP contribution in [0, 0.1) is 5.92 Å². The molecule has 0 saturated carbocycles. The number of rotatable bonds is 6. The molecular weight excluding hydrogens is 394 g/mol. The molecule has 2 aromatic carbocycles. The molecule has 2 aromatic rings. The SMILES string of the molecule is COc1ccccc1N1CCC(CNS(=O)(=O)c2ccc3c(c2)C(=O)NC3=O)C1. The monoisotopic (exact) mass is 415 g/mol. The highest BCUT2D eigenvalue weighted by molar-refractivity contribution is 7.89. The van der Waals surface area contributed by atoms with Crippen molar-refractivity contribution in [3.8, 4) is 5.75 Å². The van der Waals surface area contributed by atoms with Gasteiger partial charge in [-0.25, -0.2) is 13.1 Å². The van der Waals surface area contributed by atoms with Crippen LogP contribution in [0.3, 0.4) is 0 Å². The number of anilines is 1. The van der Waals surface area contributed by atoms with Gasteiger partial charge in [-0.15, -0.1) is 0 Å². The fourth-order valence-corrected chi connectivity index (χ4v) is 4.88. The van der Waals surface area contributed by atoms with Crippen molar-refractivity contribution in [3.63, 3.8) is 0 Å². The van der Waals surface area contributed by atoms with E-state index in [-0.39, 0.29) is 28.5 Å². The summed E-state index contributed by atoms with van der Waals surface area (Å²) < 4.78 is 33.4. The second-order valence-electron chi connectivity index (χ2n) is 7.12. The Morgan fingerprint density at radius 3 is 2.69 bits per heavy atom. The summed E-state index contributed by atoms with van der Waals surface area (Å²) in [7, 11) is -2.16. The lowest BCUT2D eigenvalue weighted by molar-refractivity contribution is 0.0879. The molecule has 1 unspecified atom stereocenters. The average molecular weight is 415 g/mol. The first kappa shape index (κ1) is 19.4. The van der Waals surface area contributed by atoms with Crippen molar-refractivity contribution in [2.24, 2.45) is 5.92 Å². The van der Waals surface area contributed by atoms with Crippen molar-refractivity contribution >= 4 is 27.5 Å². The van der Waals surface area contributed by atoms with Crippen LogP contribution >= 0.6 is 0 Å². The van der Waals surface area contributed by atoms with E-state index in [1.165, 1.54) is 18.2 Å². The molecule has 9 heteroatoms. The third kappa shape index (κ3) is 3.70. The van der Waals surface area contributed by atoms with Crippen molar-refractivity contribution in [1.82, 2.24) is 10.0 Å². The number of nitrogens with one attached hydrogen (secondary N) is 2. The number of methoxy groups -OCH3 is 1. The highest BCUT2D eigenvalue weighted by Gasteiger charge is 2.30. The number of hydrogen-bond donors (Lipinski definition) is 2. The van der Waals surface area contributed by atoms with Crippen LogP contribution in [0.2, 0.25) is 0 Å². The van der Waals surface area contributed by atoms with E-state index in [0.29, 0.717) is 6.54 Å². The van der Waals surface area contributed by atoms with Crippen LogP contribution in [0.15, 0.2) is 47.4 Å². The Hall–Kier alpha value is -2.91. The summed E-state index contributed by atoms with van der Waals surface area (Å²) >= 11 is 0. The summed E-state index contributed by atoms with van der Waals surface area (Å²) in [5.74, 6) is -0.150. The highest BCUT2D eigenvalue weighted by atomic mass is 32.2. The van der Waals surface area contributed by atoms with E-state index in [4.69, 9.17) is 4.74 Å². The Balaban J connectivity index is 1.42. The van der Waals surface area contributed by atoms with Gasteiger partial charge in [-0.1, -0.05) is 12.1 Å². The standard InChI is InChI=1S/C20H21N3O5S/c1-28-18-5-3-2-4-17(18)23-9-8-13(12-23)11-21-29(26,27)14-6-7-15-16(10-14)20(25)22-19(15)24/h2-7,10,13,21H,8-9,11-12H2,1H3,(H,22,24,25). The van der Waals surface area contributed by atoms with Crippen LogP contribution in [0.25, 0.3) is 0 Å². The van der Waals surface area contributed by atoms with E-state index in [0.717, 1.165) is 24.4 Å². The molecule has 0 aromatic heterocycles. The second kappa shape index (κ2) is 7.49. The van der Waals surface area contributed by atoms with E-state index < -0.39 is 21.8 Å².